The number of rotatable bonds is 4. The van der Waals surface area contributed by atoms with Gasteiger partial charge >= 0.3 is 5.97 Å². The highest BCUT2D eigenvalue weighted by atomic mass is 16.5. The first-order valence-electron chi connectivity index (χ1n) is 11.2. The largest absolute Gasteiger partial charge is 0.507 e. The van der Waals surface area contributed by atoms with E-state index >= 15 is 0 Å². The molecule has 0 radical (unpaired) electrons. The van der Waals surface area contributed by atoms with Crippen LogP contribution < -0.4 is 9.64 Å². The number of ketones is 1. The van der Waals surface area contributed by atoms with Gasteiger partial charge in [-0.3, -0.25) is 14.5 Å². The Bertz CT molecular complexity index is 1380. The molecule has 7 nitrogen and oxygen atoms in total. The highest BCUT2D eigenvalue weighted by molar-refractivity contribution is 6.51. The lowest BCUT2D eigenvalue weighted by Gasteiger charge is -2.25. The van der Waals surface area contributed by atoms with Crippen molar-refractivity contribution in [3.8, 4) is 5.75 Å². The molecule has 0 saturated carbocycles. The topological polar surface area (TPSA) is 93.1 Å². The van der Waals surface area contributed by atoms with Gasteiger partial charge in [-0.15, -0.1) is 0 Å². The first-order valence-corrected chi connectivity index (χ1v) is 11.2. The minimum absolute atomic E-state index is 0.0171. The third-order valence-corrected chi connectivity index (χ3v) is 6.27. The summed E-state index contributed by atoms with van der Waals surface area (Å²) >= 11 is 0. The number of nitrogens with zero attached hydrogens (tertiary/aromatic N) is 1. The molecule has 2 heterocycles. The van der Waals surface area contributed by atoms with Gasteiger partial charge in [-0.25, -0.2) is 4.79 Å². The summed E-state index contributed by atoms with van der Waals surface area (Å²) in [5.41, 5.74) is 2.58. The van der Waals surface area contributed by atoms with Gasteiger partial charge in [-0.2, -0.15) is 0 Å². The zero-order chi connectivity index (χ0) is 24.7. The number of ether oxygens (including phenoxy) is 2. The van der Waals surface area contributed by atoms with Gasteiger partial charge in [0.2, 0.25) is 0 Å². The number of hydrogen-bond donors (Lipinski definition) is 1. The standard InChI is InChI=1S/C28H23NO6/c1-16-13-20-14-18(11-12-22(20)35-16)25(30)23-24(17-7-4-3-5-8-17)29(27(32)26(23)31)21-10-6-9-19(15-21)28(33)34-2/h3-12,14-16,24,30H,13H2,1-2H3/b25-23-. The third-order valence-electron chi connectivity index (χ3n) is 6.27. The predicted molar refractivity (Wildman–Crippen MR) is 129 cm³/mol. The Kier molecular flexibility index (Phi) is 5.61. The van der Waals surface area contributed by atoms with Crippen molar-refractivity contribution in [1.29, 1.82) is 0 Å². The summed E-state index contributed by atoms with van der Waals surface area (Å²) in [6, 6.07) is 19.7. The summed E-state index contributed by atoms with van der Waals surface area (Å²) in [4.78, 5) is 40.0. The lowest BCUT2D eigenvalue weighted by molar-refractivity contribution is -0.132. The molecule has 1 amide bonds. The maximum absolute atomic E-state index is 13.3. The summed E-state index contributed by atoms with van der Waals surface area (Å²) in [5, 5.41) is 11.3. The number of carbonyl (C=O) groups is 3. The van der Waals surface area contributed by atoms with Crippen molar-refractivity contribution in [1.82, 2.24) is 0 Å². The number of anilines is 1. The van der Waals surface area contributed by atoms with E-state index in [4.69, 9.17) is 9.47 Å². The lowest BCUT2D eigenvalue weighted by atomic mass is 9.94. The lowest BCUT2D eigenvalue weighted by Crippen LogP contribution is -2.29. The highest BCUT2D eigenvalue weighted by Gasteiger charge is 2.47. The van der Waals surface area contributed by atoms with Crippen LogP contribution in [-0.4, -0.2) is 36.0 Å². The molecule has 2 aliphatic heterocycles. The van der Waals surface area contributed by atoms with Gasteiger partial charge in [0, 0.05) is 17.7 Å². The molecule has 176 valence electrons. The molecule has 2 unspecified atom stereocenters. The normalized spacial score (nSPS) is 20.5. The Labute approximate surface area is 202 Å². The number of amides is 1. The molecule has 1 N–H and O–H groups in total. The fourth-order valence-electron chi connectivity index (χ4n) is 4.67. The first kappa shape index (κ1) is 22.4. The van der Waals surface area contributed by atoms with Crippen LogP contribution >= 0.6 is 0 Å². The number of hydrogen-bond acceptors (Lipinski definition) is 6. The smallest absolute Gasteiger partial charge is 0.337 e. The summed E-state index contributed by atoms with van der Waals surface area (Å²) < 4.78 is 10.6. The van der Waals surface area contributed by atoms with Crippen molar-refractivity contribution < 1.29 is 29.0 Å². The van der Waals surface area contributed by atoms with Gasteiger partial charge in [-0.05, 0) is 54.4 Å². The van der Waals surface area contributed by atoms with Crippen molar-refractivity contribution in [2.45, 2.75) is 25.5 Å². The molecule has 35 heavy (non-hydrogen) atoms. The van der Waals surface area contributed by atoms with Crippen LogP contribution in [0.4, 0.5) is 5.69 Å². The van der Waals surface area contributed by atoms with Crippen LogP contribution in [0.2, 0.25) is 0 Å². The monoisotopic (exact) mass is 469 g/mol. The van der Waals surface area contributed by atoms with Gasteiger partial charge in [0.25, 0.3) is 11.7 Å². The van der Waals surface area contributed by atoms with E-state index in [0.717, 1.165) is 11.3 Å². The van der Waals surface area contributed by atoms with Crippen molar-refractivity contribution in [3.63, 3.8) is 0 Å². The van der Waals surface area contributed by atoms with Gasteiger partial charge < -0.3 is 14.6 Å². The number of aliphatic hydroxyl groups is 1. The zero-order valence-electron chi connectivity index (χ0n) is 19.2. The van der Waals surface area contributed by atoms with Gasteiger partial charge in [0.15, 0.2) is 0 Å². The van der Waals surface area contributed by atoms with Gasteiger partial charge in [0.1, 0.15) is 17.6 Å². The molecule has 5 rings (SSSR count). The average molecular weight is 469 g/mol. The Balaban J connectivity index is 1.67. The summed E-state index contributed by atoms with van der Waals surface area (Å²) in [7, 11) is 1.27. The number of esters is 1. The van der Waals surface area contributed by atoms with Crippen LogP contribution in [0.25, 0.3) is 5.76 Å². The molecule has 0 aromatic heterocycles. The van der Waals surface area contributed by atoms with Crippen molar-refractivity contribution in [2.24, 2.45) is 0 Å². The highest BCUT2D eigenvalue weighted by Crippen LogP contribution is 2.43. The Morgan fingerprint density at radius 3 is 2.51 bits per heavy atom. The first-order chi connectivity index (χ1) is 16.9. The third kappa shape index (κ3) is 3.85. The number of aliphatic hydroxyl groups excluding tert-OH is 1. The Morgan fingerprint density at radius 2 is 1.77 bits per heavy atom. The van der Waals surface area contributed by atoms with Crippen LogP contribution in [0.1, 0.15) is 40.0 Å². The molecule has 0 bridgehead atoms. The molecule has 1 saturated heterocycles. The van der Waals surface area contributed by atoms with E-state index in [1.165, 1.54) is 18.1 Å². The van der Waals surface area contributed by atoms with E-state index < -0.39 is 23.7 Å². The minimum Gasteiger partial charge on any atom is -0.507 e. The fourth-order valence-corrected chi connectivity index (χ4v) is 4.67. The molecule has 3 aromatic rings. The van der Waals surface area contributed by atoms with Crippen LogP contribution in [-0.2, 0) is 20.7 Å². The van der Waals surface area contributed by atoms with Crippen LogP contribution in [0, 0.1) is 0 Å². The van der Waals surface area contributed by atoms with Crippen molar-refractivity contribution in [3.05, 3.63) is 101 Å². The van der Waals surface area contributed by atoms with Crippen LogP contribution in [0.5, 0.6) is 5.75 Å². The summed E-state index contributed by atoms with van der Waals surface area (Å²) in [5.74, 6) is -1.67. The molecule has 7 heteroatoms. The van der Waals surface area contributed by atoms with E-state index in [9.17, 15) is 19.5 Å². The van der Waals surface area contributed by atoms with Gasteiger partial charge in [0.05, 0.1) is 24.3 Å². The second-order valence-corrected chi connectivity index (χ2v) is 8.58. The quantitative estimate of drug-likeness (QED) is 0.263. The number of carbonyl (C=O) groups excluding carboxylic acids is 3. The SMILES string of the molecule is COC(=O)c1cccc(N2C(=O)C(=O)/C(=C(\O)c3ccc4c(c3)CC(C)O4)C2c2ccccc2)c1. The Morgan fingerprint density at radius 1 is 1.00 bits per heavy atom. The van der Waals surface area contributed by atoms with Crippen LogP contribution in [0.15, 0.2) is 78.4 Å². The maximum Gasteiger partial charge on any atom is 0.337 e. The van der Waals surface area contributed by atoms with E-state index in [0.29, 0.717) is 23.2 Å². The fraction of sp³-hybridized carbons (Fsp3) is 0.179. The summed E-state index contributed by atoms with van der Waals surface area (Å²) in [6.45, 7) is 1.96. The molecule has 0 spiro atoms. The average Bonchev–Trinajstić information content (AvgIpc) is 3.39. The van der Waals surface area contributed by atoms with E-state index in [1.807, 2.05) is 13.0 Å². The number of benzene rings is 3. The molecule has 3 aromatic carbocycles. The Hall–Kier alpha value is -4.39. The summed E-state index contributed by atoms with van der Waals surface area (Å²) in [6.07, 6.45) is 0.715. The molecular formula is C28H23NO6. The van der Waals surface area contributed by atoms with E-state index in [1.54, 1.807) is 60.7 Å². The minimum atomic E-state index is -0.882. The maximum atomic E-state index is 13.3. The molecule has 2 aliphatic rings. The van der Waals surface area contributed by atoms with Crippen molar-refractivity contribution in [2.75, 3.05) is 12.0 Å². The number of Topliss-reactive ketones (excluding diaryl/α,β-unsaturated/α-hetero) is 1. The number of methoxy groups -OCH3 is 1. The van der Waals surface area contributed by atoms with E-state index in [-0.39, 0.29) is 23.0 Å². The molecule has 2 atom stereocenters. The molecular weight excluding hydrogens is 446 g/mol. The molecule has 1 fully saturated rings. The second-order valence-electron chi connectivity index (χ2n) is 8.58. The molecule has 0 aliphatic carbocycles. The van der Waals surface area contributed by atoms with E-state index in [2.05, 4.69) is 0 Å². The van der Waals surface area contributed by atoms with Gasteiger partial charge in [-0.1, -0.05) is 36.4 Å². The van der Waals surface area contributed by atoms with Crippen molar-refractivity contribution >= 4 is 29.1 Å². The predicted octanol–water partition coefficient (Wildman–Crippen LogP) is 4.42. The second kappa shape index (κ2) is 8.76. The van der Waals surface area contributed by atoms with Crippen LogP contribution in [0.3, 0.4) is 0 Å². The number of fused-ring (bicyclic) bond motifs is 1. The zero-order valence-corrected chi connectivity index (χ0v) is 19.2.